The summed E-state index contributed by atoms with van der Waals surface area (Å²) in [5, 5.41) is 4.67. The Balaban J connectivity index is 1.52. The summed E-state index contributed by atoms with van der Waals surface area (Å²) in [6.45, 7) is 2.26. The van der Waals surface area contributed by atoms with Crippen LogP contribution >= 0.6 is 0 Å². The van der Waals surface area contributed by atoms with E-state index in [0.29, 0.717) is 6.42 Å². The van der Waals surface area contributed by atoms with Gasteiger partial charge in [0.2, 0.25) is 5.91 Å². The number of Topliss-reactive ketones (excluding diaryl/α,β-unsaturated/α-hetero) is 1. The quantitative estimate of drug-likeness (QED) is 0.456. The molecular weight excluding hydrogens is 436 g/mol. The first-order chi connectivity index (χ1) is 16.8. The molecule has 2 aromatic carbocycles. The Morgan fingerprint density at radius 3 is 2.29 bits per heavy atom. The SMILES string of the molecule is Cc1nn(CC(=O)C[C@@H](Cc2ccccc2)C(=O)N(C)c2ccc(N(C)C)cc2)c2c1CCCC2. The Hall–Kier alpha value is -3.41. The minimum atomic E-state index is -0.434. The molecule has 6 nitrogen and oxygen atoms in total. The number of anilines is 2. The van der Waals surface area contributed by atoms with Crippen LogP contribution in [0.5, 0.6) is 0 Å². The molecule has 1 amide bonds. The van der Waals surface area contributed by atoms with Crippen LogP contribution in [-0.2, 0) is 35.4 Å². The fraction of sp³-hybridized carbons (Fsp3) is 0.414. The molecule has 1 aromatic heterocycles. The number of hydrogen-bond donors (Lipinski definition) is 0. The molecule has 6 heteroatoms. The molecule has 0 unspecified atom stereocenters. The zero-order valence-corrected chi connectivity index (χ0v) is 21.3. The highest BCUT2D eigenvalue weighted by Crippen LogP contribution is 2.26. The summed E-state index contributed by atoms with van der Waals surface area (Å²) in [5.74, 6) is -0.430. The van der Waals surface area contributed by atoms with Crippen molar-refractivity contribution in [1.29, 1.82) is 0 Å². The van der Waals surface area contributed by atoms with Crippen molar-refractivity contribution in [3.63, 3.8) is 0 Å². The maximum Gasteiger partial charge on any atom is 0.230 e. The zero-order chi connectivity index (χ0) is 24.9. The highest BCUT2D eigenvalue weighted by atomic mass is 16.2. The number of aryl methyl sites for hydroxylation is 1. The lowest BCUT2D eigenvalue weighted by atomic mass is 9.92. The van der Waals surface area contributed by atoms with Gasteiger partial charge in [-0.05, 0) is 74.4 Å². The number of ketones is 1. The van der Waals surface area contributed by atoms with E-state index in [4.69, 9.17) is 0 Å². The number of amides is 1. The molecule has 0 N–H and O–H groups in total. The van der Waals surface area contributed by atoms with Crippen molar-refractivity contribution < 1.29 is 9.59 Å². The highest BCUT2D eigenvalue weighted by molar-refractivity contribution is 5.97. The minimum absolute atomic E-state index is 0.0431. The Labute approximate surface area is 208 Å². The molecule has 0 saturated heterocycles. The van der Waals surface area contributed by atoms with Gasteiger partial charge in [0, 0.05) is 50.6 Å². The Morgan fingerprint density at radius 2 is 1.60 bits per heavy atom. The van der Waals surface area contributed by atoms with Gasteiger partial charge in [0.25, 0.3) is 0 Å². The van der Waals surface area contributed by atoms with Crippen LogP contribution in [0.2, 0.25) is 0 Å². The molecule has 0 bridgehead atoms. The van der Waals surface area contributed by atoms with Gasteiger partial charge in [-0.3, -0.25) is 14.3 Å². The number of aromatic nitrogens is 2. The first kappa shape index (κ1) is 24.7. The van der Waals surface area contributed by atoms with E-state index < -0.39 is 5.92 Å². The summed E-state index contributed by atoms with van der Waals surface area (Å²) < 4.78 is 1.89. The average molecular weight is 473 g/mol. The van der Waals surface area contributed by atoms with Crippen LogP contribution in [0.15, 0.2) is 54.6 Å². The van der Waals surface area contributed by atoms with Gasteiger partial charge < -0.3 is 9.80 Å². The largest absolute Gasteiger partial charge is 0.378 e. The second kappa shape index (κ2) is 10.9. The summed E-state index contributed by atoms with van der Waals surface area (Å²) in [5.41, 5.74) is 6.49. The molecule has 0 fully saturated rings. The predicted octanol–water partition coefficient (Wildman–Crippen LogP) is 4.62. The van der Waals surface area contributed by atoms with Gasteiger partial charge in [-0.25, -0.2) is 0 Å². The van der Waals surface area contributed by atoms with Crippen LogP contribution in [0.3, 0.4) is 0 Å². The first-order valence-corrected chi connectivity index (χ1v) is 12.5. The van der Waals surface area contributed by atoms with Crippen LogP contribution in [0.4, 0.5) is 11.4 Å². The van der Waals surface area contributed by atoms with E-state index in [2.05, 4.69) is 5.10 Å². The van der Waals surface area contributed by atoms with Crippen LogP contribution in [0.1, 0.15) is 41.8 Å². The maximum absolute atomic E-state index is 13.6. The fourth-order valence-corrected chi connectivity index (χ4v) is 5.02. The van der Waals surface area contributed by atoms with Gasteiger partial charge >= 0.3 is 0 Å². The third kappa shape index (κ3) is 5.81. The van der Waals surface area contributed by atoms with Gasteiger partial charge in [-0.15, -0.1) is 0 Å². The second-order valence-corrected chi connectivity index (χ2v) is 9.81. The lowest BCUT2D eigenvalue weighted by Gasteiger charge is -2.25. The van der Waals surface area contributed by atoms with Gasteiger partial charge in [0.1, 0.15) is 0 Å². The number of nitrogens with zero attached hydrogens (tertiary/aromatic N) is 4. The number of benzene rings is 2. The van der Waals surface area contributed by atoms with Crippen molar-refractivity contribution in [3.05, 3.63) is 77.1 Å². The summed E-state index contributed by atoms with van der Waals surface area (Å²) in [4.78, 5) is 30.6. The van der Waals surface area contributed by atoms with Crippen molar-refractivity contribution in [1.82, 2.24) is 9.78 Å². The third-order valence-electron chi connectivity index (χ3n) is 7.02. The molecule has 1 atom stereocenters. The summed E-state index contributed by atoms with van der Waals surface area (Å²) in [7, 11) is 5.77. The van der Waals surface area contributed by atoms with Crippen molar-refractivity contribution in [2.24, 2.45) is 5.92 Å². The average Bonchev–Trinajstić information content (AvgIpc) is 3.18. The molecule has 184 valence electrons. The maximum atomic E-state index is 13.6. The van der Waals surface area contributed by atoms with Crippen LogP contribution < -0.4 is 9.80 Å². The van der Waals surface area contributed by atoms with Crippen molar-refractivity contribution in [3.8, 4) is 0 Å². The standard InChI is InChI=1S/C29H36N4O2/c1-21-27-12-8-9-13-28(27)33(30-21)20-26(34)19-23(18-22-10-6-5-7-11-22)29(35)32(4)25-16-14-24(15-17-25)31(2)3/h5-7,10-11,14-17,23H,8-9,12-13,18-20H2,1-4H3/t23-/m1/s1. The summed E-state index contributed by atoms with van der Waals surface area (Å²) in [6, 6.07) is 17.9. The van der Waals surface area contributed by atoms with Gasteiger partial charge in [0.15, 0.2) is 5.78 Å². The predicted molar refractivity (Wildman–Crippen MR) is 141 cm³/mol. The monoisotopic (exact) mass is 472 g/mol. The normalized spacial score (nSPS) is 13.7. The van der Waals surface area contributed by atoms with E-state index in [9.17, 15) is 9.59 Å². The molecule has 0 radical (unpaired) electrons. The van der Waals surface area contributed by atoms with E-state index in [1.807, 2.05) is 85.2 Å². The number of fused-ring (bicyclic) bond motifs is 1. The molecular formula is C29H36N4O2. The molecule has 0 saturated carbocycles. The molecule has 1 heterocycles. The van der Waals surface area contributed by atoms with E-state index >= 15 is 0 Å². The number of carbonyl (C=O) groups is 2. The van der Waals surface area contributed by atoms with E-state index in [-0.39, 0.29) is 24.7 Å². The first-order valence-electron chi connectivity index (χ1n) is 12.5. The Bertz CT molecular complexity index is 1170. The van der Waals surface area contributed by atoms with Gasteiger partial charge in [-0.2, -0.15) is 5.10 Å². The minimum Gasteiger partial charge on any atom is -0.378 e. The lowest BCUT2D eigenvalue weighted by molar-refractivity contribution is -0.127. The highest BCUT2D eigenvalue weighted by Gasteiger charge is 2.27. The Morgan fingerprint density at radius 1 is 0.943 bits per heavy atom. The van der Waals surface area contributed by atoms with Crippen LogP contribution in [-0.4, -0.2) is 42.6 Å². The van der Waals surface area contributed by atoms with Crippen molar-refractivity contribution in [2.45, 2.75) is 52.0 Å². The van der Waals surface area contributed by atoms with Gasteiger partial charge in [0.05, 0.1) is 12.2 Å². The van der Waals surface area contributed by atoms with Crippen LogP contribution in [0, 0.1) is 12.8 Å². The smallest absolute Gasteiger partial charge is 0.230 e. The summed E-state index contributed by atoms with van der Waals surface area (Å²) in [6.07, 6.45) is 5.06. The van der Waals surface area contributed by atoms with E-state index in [1.165, 1.54) is 17.7 Å². The molecule has 4 rings (SSSR count). The van der Waals surface area contributed by atoms with Crippen LogP contribution in [0.25, 0.3) is 0 Å². The van der Waals surface area contributed by atoms with E-state index in [0.717, 1.165) is 41.9 Å². The second-order valence-electron chi connectivity index (χ2n) is 9.81. The topological polar surface area (TPSA) is 58.4 Å². The molecule has 0 aliphatic heterocycles. The third-order valence-corrected chi connectivity index (χ3v) is 7.02. The fourth-order valence-electron chi connectivity index (χ4n) is 5.02. The van der Waals surface area contributed by atoms with Gasteiger partial charge in [-0.1, -0.05) is 30.3 Å². The molecule has 0 spiro atoms. The number of carbonyl (C=O) groups excluding carboxylic acids is 2. The number of rotatable bonds is 9. The lowest BCUT2D eigenvalue weighted by Crippen LogP contribution is -2.35. The molecule has 35 heavy (non-hydrogen) atoms. The zero-order valence-electron chi connectivity index (χ0n) is 21.3. The molecule has 1 aliphatic carbocycles. The van der Waals surface area contributed by atoms with Crippen molar-refractivity contribution >= 4 is 23.1 Å². The molecule has 1 aliphatic rings. The molecule has 3 aromatic rings. The summed E-state index contributed by atoms with van der Waals surface area (Å²) >= 11 is 0. The number of hydrogen-bond acceptors (Lipinski definition) is 4. The Kier molecular flexibility index (Phi) is 7.69. The van der Waals surface area contributed by atoms with E-state index in [1.54, 1.807) is 11.9 Å². The van der Waals surface area contributed by atoms with Crippen molar-refractivity contribution in [2.75, 3.05) is 30.9 Å².